The van der Waals surface area contributed by atoms with E-state index in [2.05, 4.69) is 11.8 Å². The molecule has 1 atom stereocenters. The van der Waals surface area contributed by atoms with Crippen LogP contribution in [0.4, 0.5) is 4.39 Å². The highest BCUT2D eigenvalue weighted by Gasteiger charge is 2.12. The zero-order chi connectivity index (χ0) is 12.0. The third kappa shape index (κ3) is 3.91. The molecular formula is C13H21FN2. The van der Waals surface area contributed by atoms with E-state index in [9.17, 15) is 4.39 Å². The first-order chi connectivity index (χ1) is 7.65. The van der Waals surface area contributed by atoms with Crippen molar-refractivity contribution in [1.82, 2.24) is 4.90 Å². The lowest BCUT2D eigenvalue weighted by Gasteiger charge is -2.21. The number of unbranched alkanes of at least 4 members (excludes halogenated alkanes) is 1. The molecule has 0 amide bonds. The molecule has 0 spiro atoms. The Morgan fingerprint density at radius 2 is 2.06 bits per heavy atom. The molecule has 0 aromatic heterocycles. The fourth-order valence-electron chi connectivity index (χ4n) is 1.73. The van der Waals surface area contributed by atoms with E-state index in [1.165, 1.54) is 12.5 Å². The molecule has 0 radical (unpaired) electrons. The number of benzene rings is 1. The molecule has 1 aromatic carbocycles. The second-order valence-electron chi connectivity index (χ2n) is 4.24. The Morgan fingerprint density at radius 3 is 2.69 bits per heavy atom. The van der Waals surface area contributed by atoms with Crippen molar-refractivity contribution in [2.45, 2.75) is 25.8 Å². The molecule has 0 aliphatic carbocycles. The Morgan fingerprint density at radius 1 is 1.38 bits per heavy atom. The standard InChI is InChI=1S/C13H21FN2/c1-3-4-9-16(2)10-13(15)11-7-5-6-8-12(11)14/h5-8,13H,3-4,9-10,15H2,1-2H3. The number of halogens is 1. The average Bonchev–Trinajstić information content (AvgIpc) is 2.26. The van der Waals surface area contributed by atoms with E-state index in [0.29, 0.717) is 12.1 Å². The molecule has 1 unspecified atom stereocenters. The molecule has 2 nitrogen and oxygen atoms in total. The molecule has 90 valence electrons. The maximum atomic E-state index is 13.4. The quantitative estimate of drug-likeness (QED) is 0.804. The van der Waals surface area contributed by atoms with Crippen molar-refractivity contribution in [2.75, 3.05) is 20.1 Å². The summed E-state index contributed by atoms with van der Waals surface area (Å²) in [7, 11) is 2.02. The Labute approximate surface area is 97.3 Å². The summed E-state index contributed by atoms with van der Waals surface area (Å²) in [6.07, 6.45) is 2.32. The zero-order valence-electron chi connectivity index (χ0n) is 10.1. The van der Waals surface area contributed by atoms with Gasteiger partial charge < -0.3 is 10.6 Å². The lowest BCUT2D eigenvalue weighted by Crippen LogP contribution is -2.30. The highest BCUT2D eigenvalue weighted by molar-refractivity contribution is 5.21. The SMILES string of the molecule is CCCCN(C)CC(N)c1ccccc1F. The van der Waals surface area contributed by atoms with Gasteiger partial charge in [-0.25, -0.2) is 4.39 Å². The van der Waals surface area contributed by atoms with E-state index >= 15 is 0 Å². The Bertz CT molecular complexity index is 315. The summed E-state index contributed by atoms with van der Waals surface area (Å²) in [5, 5.41) is 0. The van der Waals surface area contributed by atoms with Gasteiger partial charge in [-0.1, -0.05) is 31.5 Å². The van der Waals surface area contributed by atoms with E-state index < -0.39 is 0 Å². The number of likely N-dealkylation sites (N-methyl/N-ethyl adjacent to an activating group) is 1. The average molecular weight is 224 g/mol. The van der Waals surface area contributed by atoms with Gasteiger partial charge in [0.1, 0.15) is 5.82 Å². The van der Waals surface area contributed by atoms with Gasteiger partial charge in [-0.3, -0.25) is 0 Å². The number of nitrogens with zero attached hydrogens (tertiary/aromatic N) is 1. The molecule has 1 aromatic rings. The van der Waals surface area contributed by atoms with Gasteiger partial charge in [0.25, 0.3) is 0 Å². The maximum Gasteiger partial charge on any atom is 0.128 e. The van der Waals surface area contributed by atoms with E-state index in [1.54, 1.807) is 12.1 Å². The highest BCUT2D eigenvalue weighted by atomic mass is 19.1. The van der Waals surface area contributed by atoms with Crippen LogP contribution in [0.25, 0.3) is 0 Å². The summed E-state index contributed by atoms with van der Waals surface area (Å²) in [4.78, 5) is 2.15. The normalized spacial score (nSPS) is 13.1. The van der Waals surface area contributed by atoms with Crippen LogP contribution in [0.5, 0.6) is 0 Å². The van der Waals surface area contributed by atoms with Crippen LogP contribution in [0.2, 0.25) is 0 Å². The summed E-state index contributed by atoms with van der Waals surface area (Å²) in [5.74, 6) is -0.209. The first-order valence-electron chi connectivity index (χ1n) is 5.83. The van der Waals surface area contributed by atoms with E-state index in [0.717, 1.165) is 13.0 Å². The van der Waals surface area contributed by atoms with Crippen LogP contribution in [0.1, 0.15) is 31.4 Å². The monoisotopic (exact) mass is 224 g/mol. The minimum absolute atomic E-state index is 0.209. The molecule has 1 rings (SSSR count). The Kier molecular flexibility index (Phi) is 5.43. The smallest absolute Gasteiger partial charge is 0.128 e. The van der Waals surface area contributed by atoms with Gasteiger partial charge in [0.15, 0.2) is 0 Å². The summed E-state index contributed by atoms with van der Waals surface area (Å²) in [5.41, 5.74) is 6.59. The van der Waals surface area contributed by atoms with Gasteiger partial charge in [0.2, 0.25) is 0 Å². The molecule has 0 aliphatic rings. The van der Waals surface area contributed by atoms with Crippen molar-refractivity contribution in [1.29, 1.82) is 0 Å². The zero-order valence-corrected chi connectivity index (χ0v) is 10.1. The first kappa shape index (κ1) is 13.1. The molecule has 0 fully saturated rings. The summed E-state index contributed by atoms with van der Waals surface area (Å²) < 4.78 is 13.4. The summed E-state index contributed by atoms with van der Waals surface area (Å²) >= 11 is 0. The summed E-state index contributed by atoms with van der Waals surface area (Å²) in [6, 6.07) is 6.48. The van der Waals surface area contributed by atoms with Crippen LogP contribution in [0.3, 0.4) is 0 Å². The van der Waals surface area contributed by atoms with Gasteiger partial charge in [0, 0.05) is 18.2 Å². The number of hydrogen-bond acceptors (Lipinski definition) is 2. The maximum absolute atomic E-state index is 13.4. The largest absolute Gasteiger partial charge is 0.323 e. The molecule has 16 heavy (non-hydrogen) atoms. The van der Waals surface area contributed by atoms with Crippen molar-refractivity contribution in [3.8, 4) is 0 Å². The van der Waals surface area contributed by atoms with Gasteiger partial charge in [-0.15, -0.1) is 0 Å². The number of hydrogen-bond donors (Lipinski definition) is 1. The predicted molar refractivity (Wildman–Crippen MR) is 65.7 cm³/mol. The van der Waals surface area contributed by atoms with Crippen LogP contribution in [-0.4, -0.2) is 25.0 Å². The molecular weight excluding hydrogens is 203 g/mol. The fraction of sp³-hybridized carbons (Fsp3) is 0.538. The molecule has 0 heterocycles. The van der Waals surface area contributed by atoms with Crippen molar-refractivity contribution in [3.63, 3.8) is 0 Å². The molecule has 0 aliphatic heterocycles. The van der Waals surface area contributed by atoms with Crippen LogP contribution in [0, 0.1) is 5.82 Å². The lowest BCUT2D eigenvalue weighted by atomic mass is 10.1. The fourth-order valence-corrected chi connectivity index (χ4v) is 1.73. The number of nitrogens with two attached hydrogens (primary N) is 1. The minimum atomic E-state index is -0.247. The third-order valence-electron chi connectivity index (χ3n) is 2.71. The second-order valence-corrected chi connectivity index (χ2v) is 4.24. The van der Waals surface area contributed by atoms with Crippen LogP contribution in [0.15, 0.2) is 24.3 Å². The summed E-state index contributed by atoms with van der Waals surface area (Å²) in [6.45, 7) is 3.87. The molecule has 0 saturated heterocycles. The van der Waals surface area contributed by atoms with Crippen LogP contribution >= 0.6 is 0 Å². The van der Waals surface area contributed by atoms with Crippen molar-refractivity contribution >= 4 is 0 Å². The van der Waals surface area contributed by atoms with Crippen molar-refractivity contribution < 1.29 is 4.39 Å². The number of rotatable bonds is 6. The second kappa shape index (κ2) is 6.61. The van der Waals surface area contributed by atoms with Gasteiger partial charge in [-0.2, -0.15) is 0 Å². The molecule has 0 bridgehead atoms. The van der Waals surface area contributed by atoms with Gasteiger partial charge in [0.05, 0.1) is 0 Å². The molecule has 3 heteroatoms. The minimum Gasteiger partial charge on any atom is -0.323 e. The first-order valence-corrected chi connectivity index (χ1v) is 5.83. The van der Waals surface area contributed by atoms with Gasteiger partial charge >= 0.3 is 0 Å². The Balaban J connectivity index is 2.52. The molecule has 2 N–H and O–H groups in total. The van der Waals surface area contributed by atoms with E-state index in [-0.39, 0.29) is 11.9 Å². The van der Waals surface area contributed by atoms with Crippen molar-refractivity contribution in [3.05, 3.63) is 35.6 Å². The van der Waals surface area contributed by atoms with Crippen LogP contribution < -0.4 is 5.73 Å². The third-order valence-corrected chi connectivity index (χ3v) is 2.71. The predicted octanol–water partition coefficient (Wildman–Crippen LogP) is 2.56. The van der Waals surface area contributed by atoms with Crippen LogP contribution in [-0.2, 0) is 0 Å². The van der Waals surface area contributed by atoms with Crippen molar-refractivity contribution in [2.24, 2.45) is 5.73 Å². The molecule has 0 saturated carbocycles. The van der Waals surface area contributed by atoms with Gasteiger partial charge in [-0.05, 0) is 26.1 Å². The Hall–Kier alpha value is -0.930. The lowest BCUT2D eigenvalue weighted by molar-refractivity contribution is 0.305. The van der Waals surface area contributed by atoms with E-state index in [4.69, 9.17) is 5.73 Å². The topological polar surface area (TPSA) is 29.3 Å². The highest BCUT2D eigenvalue weighted by Crippen LogP contribution is 2.15. The van der Waals surface area contributed by atoms with E-state index in [1.807, 2.05) is 13.1 Å².